The standard InChI is InChI=1S/C12H9ClN2O2S/c1-7-5-11(17)15-12(14-7)18-10-4-2-3-9(13)8(10)6-16/h2-6H,1H3,(H,14,15,17). The quantitative estimate of drug-likeness (QED) is 0.693. The molecular weight excluding hydrogens is 272 g/mol. The smallest absolute Gasteiger partial charge is 0.251 e. The van der Waals surface area contributed by atoms with Gasteiger partial charge in [-0.2, -0.15) is 0 Å². The number of nitrogens with zero attached hydrogens (tertiary/aromatic N) is 1. The summed E-state index contributed by atoms with van der Waals surface area (Å²) in [6.45, 7) is 1.73. The van der Waals surface area contributed by atoms with Crippen LogP contribution in [0.1, 0.15) is 16.1 Å². The molecule has 0 aliphatic rings. The van der Waals surface area contributed by atoms with Gasteiger partial charge in [-0.25, -0.2) is 4.98 Å². The van der Waals surface area contributed by atoms with Gasteiger partial charge in [0.15, 0.2) is 11.4 Å². The Kier molecular flexibility index (Phi) is 3.84. The normalized spacial score (nSPS) is 10.3. The van der Waals surface area contributed by atoms with Gasteiger partial charge in [-0.15, -0.1) is 0 Å². The third-order valence-electron chi connectivity index (χ3n) is 2.19. The fourth-order valence-electron chi connectivity index (χ4n) is 1.42. The van der Waals surface area contributed by atoms with E-state index in [0.29, 0.717) is 32.6 Å². The lowest BCUT2D eigenvalue weighted by molar-refractivity contribution is 0.112. The summed E-state index contributed by atoms with van der Waals surface area (Å²) >= 11 is 7.12. The molecule has 6 heteroatoms. The van der Waals surface area contributed by atoms with Crippen LogP contribution in [-0.2, 0) is 0 Å². The number of carbonyl (C=O) groups is 1. The van der Waals surface area contributed by atoms with Crippen molar-refractivity contribution in [3.63, 3.8) is 0 Å². The van der Waals surface area contributed by atoms with Crippen LogP contribution in [0.15, 0.2) is 39.1 Å². The lowest BCUT2D eigenvalue weighted by atomic mass is 10.2. The minimum absolute atomic E-state index is 0.223. The highest BCUT2D eigenvalue weighted by atomic mass is 35.5. The molecule has 0 atom stereocenters. The molecule has 1 heterocycles. The second-order valence-electron chi connectivity index (χ2n) is 3.56. The summed E-state index contributed by atoms with van der Waals surface area (Å²) in [5.41, 5.74) is 0.795. The maximum atomic E-state index is 11.3. The predicted octanol–water partition coefficient (Wildman–Crippen LogP) is 2.70. The number of aldehydes is 1. The molecule has 0 radical (unpaired) electrons. The topological polar surface area (TPSA) is 62.8 Å². The van der Waals surface area contributed by atoms with E-state index in [1.807, 2.05) is 0 Å². The average molecular weight is 281 g/mol. The molecule has 0 spiro atoms. The second kappa shape index (κ2) is 5.37. The molecule has 1 aromatic carbocycles. The van der Waals surface area contributed by atoms with Crippen molar-refractivity contribution in [3.05, 3.63) is 50.9 Å². The number of H-pyrrole nitrogens is 1. The zero-order valence-electron chi connectivity index (χ0n) is 9.44. The average Bonchev–Trinajstić information content (AvgIpc) is 2.27. The van der Waals surface area contributed by atoms with Crippen LogP contribution in [0, 0.1) is 6.92 Å². The van der Waals surface area contributed by atoms with Crippen molar-refractivity contribution in [2.24, 2.45) is 0 Å². The van der Waals surface area contributed by atoms with Crippen LogP contribution in [0.5, 0.6) is 0 Å². The van der Waals surface area contributed by atoms with Crippen LogP contribution < -0.4 is 5.56 Å². The fourth-order valence-corrected chi connectivity index (χ4v) is 2.66. The Morgan fingerprint density at radius 2 is 2.22 bits per heavy atom. The highest BCUT2D eigenvalue weighted by molar-refractivity contribution is 7.99. The van der Waals surface area contributed by atoms with Gasteiger partial charge in [-0.3, -0.25) is 9.59 Å². The molecule has 2 rings (SSSR count). The molecule has 0 fully saturated rings. The van der Waals surface area contributed by atoms with Crippen molar-refractivity contribution in [1.29, 1.82) is 0 Å². The highest BCUT2D eigenvalue weighted by Crippen LogP contribution is 2.30. The third kappa shape index (κ3) is 2.80. The van der Waals surface area contributed by atoms with Crippen molar-refractivity contribution in [2.45, 2.75) is 17.0 Å². The van der Waals surface area contributed by atoms with Crippen LogP contribution in [0.25, 0.3) is 0 Å². The SMILES string of the molecule is Cc1cc(=O)[nH]c(Sc2cccc(Cl)c2C=O)n1. The van der Waals surface area contributed by atoms with E-state index in [2.05, 4.69) is 9.97 Å². The van der Waals surface area contributed by atoms with Crippen molar-refractivity contribution in [2.75, 3.05) is 0 Å². The number of aryl methyl sites for hydroxylation is 1. The van der Waals surface area contributed by atoms with Crippen molar-refractivity contribution >= 4 is 29.6 Å². The lowest BCUT2D eigenvalue weighted by Gasteiger charge is -2.05. The monoisotopic (exact) mass is 280 g/mol. The first-order valence-electron chi connectivity index (χ1n) is 5.09. The number of carbonyl (C=O) groups excluding carboxylic acids is 1. The summed E-state index contributed by atoms with van der Waals surface area (Å²) in [4.78, 5) is 29.7. The van der Waals surface area contributed by atoms with E-state index < -0.39 is 0 Å². The number of hydrogen-bond donors (Lipinski definition) is 1. The van der Waals surface area contributed by atoms with Gasteiger partial charge in [0.2, 0.25) is 0 Å². The van der Waals surface area contributed by atoms with Crippen molar-refractivity contribution in [3.8, 4) is 0 Å². The molecule has 4 nitrogen and oxygen atoms in total. The van der Waals surface area contributed by atoms with Crippen molar-refractivity contribution in [1.82, 2.24) is 9.97 Å². The van der Waals surface area contributed by atoms with Crippen LogP contribution in [0.2, 0.25) is 5.02 Å². The van der Waals surface area contributed by atoms with Crippen molar-refractivity contribution < 1.29 is 4.79 Å². The summed E-state index contributed by atoms with van der Waals surface area (Å²) in [5.74, 6) is 0. The zero-order valence-corrected chi connectivity index (χ0v) is 11.0. The Balaban J connectivity index is 2.42. The van der Waals surface area contributed by atoms with Crippen LogP contribution >= 0.6 is 23.4 Å². The van der Waals surface area contributed by atoms with Gasteiger partial charge < -0.3 is 4.98 Å². The maximum Gasteiger partial charge on any atom is 0.251 e. The van der Waals surface area contributed by atoms with Crippen LogP contribution in [0.3, 0.4) is 0 Å². The van der Waals surface area contributed by atoms with E-state index in [4.69, 9.17) is 11.6 Å². The molecule has 0 saturated carbocycles. The summed E-state index contributed by atoms with van der Waals surface area (Å²) in [7, 11) is 0. The molecule has 1 aromatic heterocycles. The Hall–Kier alpha value is -1.59. The summed E-state index contributed by atoms with van der Waals surface area (Å²) in [6.07, 6.45) is 0.693. The predicted molar refractivity (Wildman–Crippen MR) is 70.6 cm³/mol. The highest BCUT2D eigenvalue weighted by Gasteiger charge is 2.09. The molecular formula is C12H9ClN2O2S. The first-order valence-corrected chi connectivity index (χ1v) is 6.29. The van der Waals surface area contributed by atoms with Gasteiger partial charge in [0.05, 0.1) is 5.02 Å². The van der Waals surface area contributed by atoms with Gasteiger partial charge in [-0.1, -0.05) is 29.4 Å². The molecule has 0 bridgehead atoms. The summed E-state index contributed by atoms with van der Waals surface area (Å²) < 4.78 is 0. The largest absolute Gasteiger partial charge is 0.301 e. The number of aromatic amines is 1. The van der Waals surface area contributed by atoms with E-state index in [-0.39, 0.29) is 5.56 Å². The molecule has 0 aliphatic heterocycles. The van der Waals surface area contributed by atoms with E-state index in [0.717, 1.165) is 0 Å². The Morgan fingerprint density at radius 1 is 1.44 bits per heavy atom. The number of hydrogen-bond acceptors (Lipinski definition) is 4. The molecule has 0 unspecified atom stereocenters. The van der Waals surface area contributed by atoms with E-state index in [1.54, 1.807) is 25.1 Å². The number of aromatic nitrogens is 2. The molecule has 2 aromatic rings. The zero-order chi connectivity index (χ0) is 13.1. The molecule has 92 valence electrons. The Morgan fingerprint density at radius 3 is 2.89 bits per heavy atom. The minimum atomic E-state index is -0.223. The first-order chi connectivity index (χ1) is 8.60. The van der Waals surface area contributed by atoms with Crippen LogP contribution in [0.4, 0.5) is 0 Å². The molecule has 0 aliphatic carbocycles. The third-order valence-corrected chi connectivity index (χ3v) is 3.48. The van der Waals surface area contributed by atoms with Gasteiger partial charge >= 0.3 is 0 Å². The molecule has 0 amide bonds. The van der Waals surface area contributed by atoms with E-state index in [9.17, 15) is 9.59 Å². The lowest BCUT2D eigenvalue weighted by Crippen LogP contribution is -2.08. The van der Waals surface area contributed by atoms with E-state index >= 15 is 0 Å². The summed E-state index contributed by atoms with van der Waals surface area (Å²) in [5, 5.41) is 0.815. The molecule has 18 heavy (non-hydrogen) atoms. The van der Waals surface area contributed by atoms with Gasteiger partial charge in [0.25, 0.3) is 5.56 Å². The Bertz CT molecular complexity index is 655. The van der Waals surface area contributed by atoms with Gasteiger partial charge in [-0.05, 0) is 19.1 Å². The summed E-state index contributed by atoms with van der Waals surface area (Å²) in [6, 6.07) is 6.54. The molecule has 1 N–H and O–H groups in total. The number of nitrogens with one attached hydrogen (secondary N) is 1. The molecule has 0 saturated heterocycles. The van der Waals surface area contributed by atoms with E-state index in [1.165, 1.54) is 17.8 Å². The fraction of sp³-hybridized carbons (Fsp3) is 0.0833. The minimum Gasteiger partial charge on any atom is -0.301 e. The first kappa shape index (κ1) is 12.9. The maximum absolute atomic E-state index is 11.3. The Labute approximate surface area is 112 Å². The van der Waals surface area contributed by atoms with Crippen LogP contribution in [-0.4, -0.2) is 16.3 Å². The second-order valence-corrected chi connectivity index (χ2v) is 5.00. The number of halogens is 1. The van der Waals surface area contributed by atoms with Gasteiger partial charge in [0.1, 0.15) is 0 Å². The number of benzene rings is 1. The number of rotatable bonds is 3. The van der Waals surface area contributed by atoms with Gasteiger partial charge in [0, 0.05) is 22.2 Å².